The van der Waals surface area contributed by atoms with E-state index in [2.05, 4.69) is 15.4 Å². The minimum absolute atomic E-state index is 0.0336. The number of Topliss-reactive ketones (excluding diaryl/α,β-unsaturated/α-hetero) is 1. The molecule has 0 fully saturated rings. The second-order valence-corrected chi connectivity index (χ2v) is 2.03. The SMILES string of the molecule is CCC(=O)c1n[nH]nc1C. The van der Waals surface area contributed by atoms with E-state index in [4.69, 9.17) is 0 Å². The second kappa shape index (κ2) is 2.60. The first-order valence-corrected chi connectivity index (χ1v) is 3.16. The average molecular weight is 139 g/mol. The maximum absolute atomic E-state index is 11.0. The zero-order valence-electron chi connectivity index (χ0n) is 6.01. The molecule has 0 atom stereocenters. The molecule has 0 bridgehead atoms. The van der Waals surface area contributed by atoms with E-state index < -0.39 is 0 Å². The van der Waals surface area contributed by atoms with Gasteiger partial charge in [0.15, 0.2) is 11.5 Å². The van der Waals surface area contributed by atoms with Gasteiger partial charge in [-0.1, -0.05) is 6.92 Å². The van der Waals surface area contributed by atoms with Gasteiger partial charge in [0, 0.05) is 6.42 Å². The van der Waals surface area contributed by atoms with Gasteiger partial charge in [-0.05, 0) is 6.92 Å². The molecule has 0 aliphatic heterocycles. The lowest BCUT2D eigenvalue weighted by molar-refractivity contribution is 0.0982. The van der Waals surface area contributed by atoms with Crippen LogP contribution in [0.4, 0.5) is 0 Å². The Hall–Kier alpha value is -1.19. The van der Waals surface area contributed by atoms with E-state index in [1.165, 1.54) is 0 Å². The van der Waals surface area contributed by atoms with Crippen LogP contribution in [0.5, 0.6) is 0 Å². The van der Waals surface area contributed by atoms with Crippen molar-refractivity contribution in [1.82, 2.24) is 15.4 Å². The van der Waals surface area contributed by atoms with E-state index in [0.717, 1.165) is 0 Å². The molecular weight excluding hydrogens is 130 g/mol. The summed E-state index contributed by atoms with van der Waals surface area (Å²) in [6.07, 6.45) is 0.480. The third kappa shape index (κ3) is 1.05. The van der Waals surface area contributed by atoms with Crippen LogP contribution in [0.3, 0.4) is 0 Å². The quantitative estimate of drug-likeness (QED) is 0.614. The van der Waals surface area contributed by atoms with E-state index in [-0.39, 0.29) is 5.78 Å². The van der Waals surface area contributed by atoms with Crippen molar-refractivity contribution < 1.29 is 4.79 Å². The molecule has 0 aliphatic rings. The van der Waals surface area contributed by atoms with Crippen molar-refractivity contribution in [2.45, 2.75) is 20.3 Å². The summed E-state index contributed by atoms with van der Waals surface area (Å²) < 4.78 is 0. The van der Waals surface area contributed by atoms with Crippen molar-refractivity contribution in [3.05, 3.63) is 11.4 Å². The first-order valence-electron chi connectivity index (χ1n) is 3.16. The molecule has 10 heavy (non-hydrogen) atoms. The topological polar surface area (TPSA) is 58.6 Å². The first kappa shape index (κ1) is 6.92. The van der Waals surface area contributed by atoms with Gasteiger partial charge >= 0.3 is 0 Å². The molecule has 4 heteroatoms. The van der Waals surface area contributed by atoms with Gasteiger partial charge in [-0.2, -0.15) is 15.4 Å². The molecule has 0 aliphatic carbocycles. The normalized spacial score (nSPS) is 9.80. The van der Waals surface area contributed by atoms with Crippen LogP contribution in [0.2, 0.25) is 0 Å². The Labute approximate surface area is 58.6 Å². The molecule has 4 nitrogen and oxygen atoms in total. The van der Waals surface area contributed by atoms with Crippen molar-refractivity contribution >= 4 is 5.78 Å². The lowest BCUT2D eigenvalue weighted by Gasteiger charge is -1.88. The first-order chi connectivity index (χ1) is 4.75. The number of carbonyl (C=O) groups is 1. The summed E-state index contributed by atoms with van der Waals surface area (Å²) >= 11 is 0. The Balaban J connectivity index is 2.93. The monoisotopic (exact) mass is 139 g/mol. The largest absolute Gasteiger partial charge is 0.292 e. The van der Waals surface area contributed by atoms with Crippen LogP contribution in [0.25, 0.3) is 0 Å². The lowest BCUT2D eigenvalue weighted by Crippen LogP contribution is -1.98. The van der Waals surface area contributed by atoms with Gasteiger partial charge in [-0.3, -0.25) is 4.79 Å². The number of aromatic nitrogens is 3. The number of hydrogen-bond donors (Lipinski definition) is 1. The number of carbonyl (C=O) groups excluding carboxylic acids is 1. The smallest absolute Gasteiger partial charge is 0.184 e. The van der Waals surface area contributed by atoms with Crippen LogP contribution in [-0.4, -0.2) is 21.2 Å². The zero-order chi connectivity index (χ0) is 7.56. The van der Waals surface area contributed by atoms with Crippen LogP contribution in [0.15, 0.2) is 0 Å². The molecule has 54 valence electrons. The summed E-state index contributed by atoms with van der Waals surface area (Å²) in [6.45, 7) is 3.56. The molecule has 0 unspecified atom stereocenters. The van der Waals surface area contributed by atoms with E-state index in [1.807, 2.05) is 0 Å². The summed E-state index contributed by atoms with van der Waals surface area (Å²) in [5.41, 5.74) is 1.13. The van der Waals surface area contributed by atoms with Crippen molar-refractivity contribution in [3.63, 3.8) is 0 Å². The molecule has 0 radical (unpaired) electrons. The molecule has 0 saturated heterocycles. The van der Waals surface area contributed by atoms with E-state index in [9.17, 15) is 4.79 Å². The molecule has 0 aromatic carbocycles. The number of aryl methyl sites for hydroxylation is 1. The molecule has 0 spiro atoms. The van der Waals surface area contributed by atoms with Crippen LogP contribution >= 0.6 is 0 Å². The Bertz CT molecular complexity index is 241. The highest BCUT2D eigenvalue weighted by Gasteiger charge is 2.09. The predicted octanol–water partition coefficient (Wildman–Crippen LogP) is 0.706. The van der Waals surface area contributed by atoms with Gasteiger partial charge in [0.2, 0.25) is 0 Å². The Morgan fingerprint density at radius 2 is 2.30 bits per heavy atom. The number of aromatic amines is 1. The summed E-state index contributed by atoms with van der Waals surface area (Å²) in [7, 11) is 0. The highest BCUT2D eigenvalue weighted by atomic mass is 16.1. The minimum atomic E-state index is 0.0336. The van der Waals surface area contributed by atoms with Crippen molar-refractivity contribution in [2.75, 3.05) is 0 Å². The van der Waals surface area contributed by atoms with Gasteiger partial charge in [-0.15, -0.1) is 0 Å². The molecule has 1 N–H and O–H groups in total. The average Bonchev–Trinajstić information content (AvgIpc) is 2.34. The Morgan fingerprint density at radius 1 is 1.60 bits per heavy atom. The minimum Gasteiger partial charge on any atom is -0.292 e. The number of nitrogens with one attached hydrogen (secondary N) is 1. The van der Waals surface area contributed by atoms with Crippen molar-refractivity contribution in [3.8, 4) is 0 Å². The fraction of sp³-hybridized carbons (Fsp3) is 0.500. The van der Waals surface area contributed by atoms with Crippen molar-refractivity contribution in [2.24, 2.45) is 0 Å². The highest BCUT2D eigenvalue weighted by molar-refractivity contribution is 5.94. The fourth-order valence-corrected chi connectivity index (χ4v) is 0.715. The summed E-state index contributed by atoms with van der Waals surface area (Å²) in [5.74, 6) is 0.0336. The summed E-state index contributed by atoms with van der Waals surface area (Å²) in [6, 6.07) is 0. The Kier molecular flexibility index (Phi) is 1.80. The van der Waals surface area contributed by atoms with Gasteiger partial charge in [-0.25, -0.2) is 0 Å². The Morgan fingerprint density at radius 3 is 2.70 bits per heavy atom. The maximum Gasteiger partial charge on any atom is 0.184 e. The second-order valence-electron chi connectivity index (χ2n) is 2.03. The molecule has 1 aromatic heterocycles. The number of H-pyrrole nitrogens is 1. The fourth-order valence-electron chi connectivity index (χ4n) is 0.715. The molecule has 1 heterocycles. The highest BCUT2D eigenvalue weighted by Crippen LogP contribution is 2.01. The number of rotatable bonds is 2. The van der Waals surface area contributed by atoms with Gasteiger partial charge < -0.3 is 0 Å². The van der Waals surface area contributed by atoms with E-state index in [1.54, 1.807) is 13.8 Å². The third-order valence-corrected chi connectivity index (χ3v) is 1.31. The molecule has 0 saturated carbocycles. The van der Waals surface area contributed by atoms with Crippen LogP contribution in [0, 0.1) is 6.92 Å². The zero-order valence-corrected chi connectivity index (χ0v) is 6.01. The predicted molar refractivity (Wildman–Crippen MR) is 35.7 cm³/mol. The van der Waals surface area contributed by atoms with E-state index >= 15 is 0 Å². The van der Waals surface area contributed by atoms with Crippen LogP contribution < -0.4 is 0 Å². The maximum atomic E-state index is 11.0. The van der Waals surface area contributed by atoms with Gasteiger partial charge in [0.1, 0.15) is 0 Å². The van der Waals surface area contributed by atoms with Crippen LogP contribution in [0.1, 0.15) is 29.5 Å². The standard InChI is InChI=1S/C6H9N3O/c1-3-5(10)6-4(2)7-9-8-6/h3H2,1-2H3,(H,7,8,9). The van der Waals surface area contributed by atoms with E-state index in [0.29, 0.717) is 17.8 Å². The number of ketones is 1. The number of nitrogens with zero attached hydrogens (tertiary/aromatic N) is 2. The van der Waals surface area contributed by atoms with Crippen molar-refractivity contribution in [1.29, 1.82) is 0 Å². The van der Waals surface area contributed by atoms with Gasteiger partial charge in [0.05, 0.1) is 5.69 Å². The molecule has 1 rings (SSSR count). The number of hydrogen-bond acceptors (Lipinski definition) is 3. The van der Waals surface area contributed by atoms with Crippen LogP contribution in [-0.2, 0) is 0 Å². The molecular formula is C6H9N3O. The lowest BCUT2D eigenvalue weighted by atomic mass is 10.2. The molecule has 1 aromatic rings. The van der Waals surface area contributed by atoms with Gasteiger partial charge in [0.25, 0.3) is 0 Å². The summed E-state index contributed by atoms with van der Waals surface area (Å²) in [5, 5.41) is 9.82. The molecule has 0 amide bonds. The summed E-state index contributed by atoms with van der Waals surface area (Å²) in [4.78, 5) is 11.0. The third-order valence-electron chi connectivity index (χ3n) is 1.31.